The number of amides is 3. The first-order valence-corrected chi connectivity index (χ1v) is 7.79. The summed E-state index contributed by atoms with van der Waals surface area (Å²) in [6.45, 7) is 4.71. The van der Waals surface area contributed by atoms with E-state index in [0.717, 1.165) is 11.3 Å². The molecule has 1 rings (SSSR count). The molecule has 0 bridgehead atoms. The zero-order valence-corrected chi connectivity index (χ0v) is 14.6. The van der Waals surface area contributed by atoms with Crippen LogP contribution in [-0.4, -0.2) is 62.1 Å². The number of para-hydroxylation sites is 1. The monoisotopic (exact) mass is 321 g/mol. The third-order valence-corrected chi connectivity index (χ3v) is 3.51. The third kappa shape index (κ3) is 5.81. The van der Waals surface area contributed by atoms with Crippen LogP contribution < -0.4 is 10.1 Å². The molecule has 0 saturated heterocycles. The van der Waals surface area contributed by atoms with E-state index in [9.17, 15) is 9.59 Å². The Kier molecular flexibility index (Phi) is 7.38. The van der Waals surface area contributed by atoms with Crippen LogP contribution in [0.15, 0.2) is 24.3 Å². The Morgan fingerprint density at radius 2 is 1.87 bits per heavy atom. The van der Waals surface area contributed by atoms with Gasteiger partial charge in [0.05, 0.1) is 0 Å². The number of carbonyl (C=O) groups is 2. The van der Waals surface area contributed by atoms with Crippen LogP contribution in [0.3, 0.4) is 0 Å². The molecule has 1 N–H and O–H groups in total. The second-order valence-corrected chi connectivity index (χ2v) is 5.67. The van der Waals surface area contributed by atoms with Crippen molar-refractivity contribution in [3.8, 4) is 5.75 Å². The van der Waals surface area contributed by atoms with Gasteiger partial charge in [-0.2, -0.15) is 0 Å². The normalized spacial score (nSPS) is 11.5. The van der Waals surface area contributed by atoms with Crippen LogP contribution >= 0.6 is 0 Å². The Bertz CT molecular complexity index is 532. The molecular weight excluding hydrogens is 294 g/mol. The highest BCUT2D eigenvalue weighted by atomic mass is 16.5. The molecule has 0 heterocycles. The van der Waals surface area contributed by atoms with Crippen molar-refractivity contribution in [3.63, 3.8) is 0 Å². The molecule has 128 valence electrons. The molecular formula is C17H27N3O3. The number of nitrogens with one attached hydrogen (secondary N) is 1. The summed E-state index contributed by atoms with van der Waals surface area (Å²) < 4.78 is 5.86. The van der Waals surface area contributed by atoms with Crippen molar-refractivity contribution in [2.45, 2.75) is 26.4 Å². The van der Waals surface area contributed by atoms with E-state index in [1.54, 1.807) is 26.0 Å². The van der Waals surface area contributed by atoms with E-state index >= 15 is 0 Å². The van der Waals surface area contributed by atoms with Crippen LogP contribution in [0, 0.1) is 6.92 Å². The van der Waals surface area contributed by atoms with Crippen molar-refractivity contribution in [1.82, 2.24) is 15.1 Å². The van der Waals surface area contributed by atoms with Crippen molar-refractivity contribution < 1.29 is 14.3 Å². The zero-order valence-electron chi connectivity index (χ0n) is 14.6. The van der Waals surface area contributed by atoms with E-state index in [4.69, 9.17) is 4.74 Å². The van der Waals surface area contributed by atoms with E-state index in [2.05, 4.69) is 5.32 Å². The predicted octanol–water partition coefficient (Wildman–Crippen LogP) is 1.88. The van der Waals surface area contributed by atoms with Gasteiger partial charge in [-0.25, -0.2) is 4.79 Å². The average molecular weight is 321 g/mol. The van der Waals surface area contributed by atoms with Gasteiger partial charge < -0.3 is 19.9 Å². The fraction of sp³-hybridized carbons (Fsp3) is 0.529. The van der Waals surface area contributed by atoms with E-state index in [1.165, 1.54) is 4.90 Å². The maximum Gasteiger partial charge on any atom is 0.316 e. The summed E-state index contributed by atoms with van der Waals surface area (Å²) in [5, 5.41) is 2.74. The summed E-state index contributed by atoms with van der Waals surface area (Å²) >= 11 is 0. The first-order chi connectivity index (χ1) is 10.9. The van der Waals surface area contributed by atoms with E-state index < -0.39 is 6.10 Å². The lowest BCUT2D eigenvalue weighted by Crippen LogP contribution is -2.44. The summed E-state index contributed by atoms with van der Waals surface area (Å²) in [6, 6.07) is 7.47. The SMILES string of the molecule is CC[C@@H](Oc1ccccc1C)C(=O)N(C)CCNC(=O)N(C)C. The van der Waals surface area contributed by atoms with Crippen molar-refractivity contribution >= 4 is 11.9 Å². The molecule has 0 unspecified atom stereocenters. The number of nitrogens with zero attached hydrogens (tertiary/aromatic N) is 2. The van der Waals surface area contributed by atoms with Crippen LogP contribution in [0.5, 0.6) is 5.75 Å². The first kappa shape index (κ1) is 18.8. The Balaban J connectivity index is 2.55. The number of benzene rings is 1. The number of ether oxygens (including phenoxy) is 1. The standard InChI is InChI=1S/C17H27N3O3/c1-6-14(23-15-10-8-7-9-13(15)2)16(21)20(5)12-11-18-17(22)19(3)4/h7-10,14H,6,11-12H2,1-5H3,(H,18,22)/t14-/m1/s1. The topological polar surface area (TPSA) is 61.9 Å². The average Bonchev–Trinajstić information content (AvgIpc) is 2.53. The predicted molar refractivity (Wildman–Crippen MR) is 90.6 cm³/mol. The fourth-order valence-electron chi connectivity index (χ4n) is 1.99. The van der Waals surface area contributed by atoms with Gasteiger partial charge in [-0.05, 0) is 25.0 Å². The second kappa shape index (κ2) is 9.02. The molecule has 3 amide bonds. The lowest BCUT2D eigenvalue weighted by molar-refractivity contribution is -0.137. The van der Waals surface area contributed by atoms with Gasteiger partial charge in [-0.1, -0.05) is 25.1 Å². The fourth-order valence-corrected chi connectivity index (χ4v) is 1.99. The molecule has 0 aliphatic rings. The summed E-state index contributed by atoms with van der Waals surface area (Å²) in [5.74, 6) is 0.636. The third-order valence-electron chi connectivity index (χ3n) is 3.51. The minimum atomic E-state index is -0.523. The number of aryl methyl sites for hydroxylation is 1. The van der Waals surface area contributed by atoms with Crippen molar-refractivity contribution in [1.29, 1.82) is 0 Å². The molecule has 0 radical (unpaired) electrons. The van der Waals surface area contributed by atoms with Gasteiger partial charge in [-0.15, -0.1) is 0 Å². The minimum absolute atomic E-state index is 0.0881. The Morgan fingerprint density at radius 3 is 2.43 bits per heavy atom. The minimum Gasteiger partial charge on any atom is -0.480 e. The van der Waals surface area contributed by atoms with Gasteiger partial charge in [0.2, 0.25) is 0 Å². The highest BCUT2D eigenvalue weighted by Gasteiger charge is 2.22. The van der Waals surface area contributed by atoms with Gasteiger partial charge in [0.15, 0.2) is 6.10 Å². The molecule has 6 nitrogen and oxygen atoms in total. The second-order valence-electron chi connectivity index (χ2n) is 5.67. The molecule has 1 aromatic carbocycles. The molecule has 0 aromatic heterocycles. The summed E-state index contributed by atoms with van der Waals surface area (Å²) in [5.41, 5.74) is 1.000. The largest absolute Gasteiger partial charge is 0.480 e. The number of urea groups is 1. The van der Waals surface area contributed by atoms with Crippen molar-refractivity contribution in [2.24, 2.45) is 0 Å². The van der Waals surface area contributed by atoms with Crippen LogP contribution in [0.4, 0.5) is 4.79 Å². The molecule has 0 aliphatic heterocycles. The summed E-state index contributed by atoms with van der Waals surface area (Å²) in [4.78, 5) is 27.0. The summed E-state index contributed by atoms with van der Waals surface area (Å²) in [6.07, 6.45) is 0.0623. The van der Waals surface area contributed by atoms with Gasteiger partial charge >= 0.3 is 6.03 Å². The molecule has 23 heavy (non-hydrogen) atoms. The molecule has 1 aromatic rings. The maximum absolute atomic E-state index is 12.5. The van der Waals surface area contributed by atoms with E-state index in [1.807, 2.05) is 38.1 Å². The maximum atomic E-state index is 12.5. The van der Waals surface area contributed by atoms with Crippen LogP contribution in [0.2, 0.25) is 0 Å². The highest BCUT2D eigenvalue weighted by molar-refractivity contribution is 5.81. The molecule has 6 heteroatoms. The van der Waals surface area contributed by atoms with Gasteiger partial charge in [0.1, 0.15) is 5.75 Å². The lowest BCUT2D eigenvalue weighted by atomic mass is 10.2. The first-order valence-electron chi connectivity index (χ1n) is 7.79. The zero-order chi connectivity index (χ0) is 17.4. The van der Waals surface area contributed by atoms with Gasteiger partial charge in [0.25, 0.3) is 5.91 Å². The molecule has 0 spiro atoms. The molecule has 0 saturated carbocycles. The van der Waals surface area contributed by atoms with E-state index in [0.29, 0.717) is 19.5 Å². The van der Waals surface area contributed by atoms with Crippen LogP contribution in [0.25, 0.3) is 0 Å². The van der Waals surface area contributed by atoms with Crippen molar-refractivity contribution in [2.75, 3.05) is 34.2 Å². The van der Waals surface area contributed by atoms with Crippen LogP contribution in [0.1, 0.15) is 18.9 Å². The smallest absolute Gasteiger partial charge is 0.316 e. The Morgan fingerprint density at radius 1 is 1.22 bits per heavy atom. The number of likely N-dealkylation sites (N-methyl/N-ethyl adjacent to an activating group) is 1. The number of hydrogen-bond donors (Lipinski definition) is 1. The van der Waals surface area contributed by atoms with Gasteiger partial charge in [0, 0.05) is 34.2 Å². The number of rotatable bonds is 7. The number of carbonyl (C=O) groups excluding carboxylic acids is 2. The highest BCUT2D eigenvalue weighted by Crippen LogP contribution is 2.19. The molecule has 0 fully saturated rings. The Labute approximate surface area is 138 Å². The number of hydrogen-bond acceptors (Lipinski definition) is 3. The van der Waals surface area contributed by atoms with Crippen molar-refractivity contribution in [3.05, 3.63) is 29.8 Å². The quantitative estimate of drug-likeness (QED) is 0.834. The lowest BCUT2D eigenvalue weighted by Gasteiger charge is -2.24. The molecule has 1 atom stereocenters. The molecule has 0 aliphatic carbocycles. The van der Waals surface area contributed by atoms with E-state index in [-0.39, 0.29) is 11.9 Å². The Hall–Kier alpha value is -2.24. The van der Waals surface area contributed by atoms with Gasteiger partial charge in [-0.3, -0.25) is 4.79 Å². The summed E-state index contributed by atoms with van der Waals surface area (Å²) in [7, 11) is 5.06. The van der Waals surface area contributed by atoms with Crippen LogP contribution in [-0.2, 0) is 4.79 Å².